The van der Waals surface area contributed by atoms with E-state index in [1.165, 1.54) is 22.7 Å². The average molecular weight is 1020 g/mol. The van der Waals surface area contributed by atoms with E-state index in [-0.39, 0.29) is 11.6 Å². The fraction of sp³-hybridized carbons (Fsp3) is 0. The molecule has 0 aliphatic heterocycles. The maximum absolute atomic E-state index is 14.3. The Morgan fingerprint density at radius 2 is 0.686 bits per heavy atom. The van der Waals surface area contributed by atoms with Crippen LogP contribution in [-0.4, -0.2) is 11.6 Å². The summed E-state index contributed by atoms with van der Waals surface area (Å²) in [6.45, 7) is 0. The number of ketones is 2. The minimum absolute atomic E-state index is 0.102. The van der Waals surface area contributed by atoms with E-state index in [0.29, 0.717) is 76.3 Å². The van der Waals surface area contributed by atoms with Crippen LogP contribution in [0.4, 0.5) is 11.4 Å². The molecular weight excluding hydrogens is 991 g/mol. The first-order valence-electron chi connectivity index (χ1n) is 21.8. The molecule has 2 aliphatic rings. The maximum Gasteiger partial charge on any atom is 0.194 e. The first-order valence-corrected chi connectivity index (χ1v) is 24.9. The smallest absolute Gasteiger partial charge is 0.194 e. The molecule has 2 heterocycles. The maximum atomic E-state index is 14.3. The lowest BCUT2D eigenvalue weighted by molar-refractivity contribution is -0.109. The quantitative estimate of drug-likeness (QED) is 0.121. The predicted octanol–water partition coefficient (Wildman–Crippen LogP) is 18.6. The van der Waals surface area contributed by atoms with Crippen LogP contribution in [0.2, 0.25) is 20.1 Å². The lowest BCUT2D eigenvalue weighted by Crippen LogP contribution is -2.10. The van der Waals surface area contributed by atoms with Gasteiger partial charge in [-0.15, -0.1) is 43.1 Å². The third-order valence-electron chi connectivity index (χ3n) is 11.3. The van der Waals surface area contributed by atoms with Crippen molar-refractivity contribution in [2.24, 2.45) is 20.5 Å². The molecule has 0 radical (unpaired) electrons. The Hall–Kier alpha value is -7.14. The van der Waals surface area contributed by atoms with Crippen molar-refractivity contribution in [3.63, 3.8) is 0 Å². The van der Waals surface area contributed by atoms with E-state index in [0.717, 1.165) is 41.8 Å². The molecule has 0 saturated carbocycles. The number of hydrogen-bond acceptors (Lipinski definition) is 8. The number of azo groups is 2. The number of Topliss-reactive ketones (excluding diaryl/α,β-unsaturated/α-hetero) is 2. The molecule has 6 aromatic carbocycles. The zero-order valence-electron chi connectivity index (χ0n) is 36.6. The molecule has 70 heavy (non-hydrogen) atoms. The van der Waals surface area contributed by atoms with Gasteiger partial charge in [0, 0.05) is 53.2 Å². The number of nitrogens with zero attached hydrogens (tertiary/aromatic N) is 4. The average Bonchev–Trinajstić information content (AvgIpc) is 4.08. The second kappa shape index (κ2) is 20.8. The minimum atomic E-state index is -0.102. The number of rotatable bonds is 11. The molecule has 0 atom stereocenters. The van der Waals surface area contributed by atoms with Gasteiger partial charge in [0.25, 0.3) is 0 Å². The van der Waals surface area contributed by atoms with Gasteiger partial charge in [-0.2, -0.15) is 0 Å². The second-order valence-corrected chi connectivity index (χ2v) is 19.7. The summed E-state index contributed by atoms with van der Waals surface area (Å²) < 4.78 is 0. The molecule has 0 unspecified atom stereocenters. The Morgan fingerprint density at radius 3 is 0.986 bits per heavy atom. The number of hydrogen-bond donors (Lipinski definition) is 0. The molecule has 8 aromatic rings. The topological polar surface area (TPSA) is 83.6 Å². The Kier molecular flexibility index (Phi) is 13.9. The van der Waals surface area contributed by atoms with Crippen molar-refractivity contribution in [2.45, 2.75) is 0 Å². The third-order valence-corrected chi connectivity index (χ3v) is 14.8. The van der Waals surface area contributed by atoms with Crippen molar-refractivity contribution in [2.75, 3.05) is 0 Å². The van der Waals surface area contributed by atoms with Gasteiger partial charge in [0.2, 0.25) is 0 Å². The number of benzene rings is 6. The van der Waals surface area contributed by atoms with Crippen LogP contribution >= 0.6 is 69.1 Å². The predicted molar refractivity (Wildman–Crippen MR) is 291 cm³/mol. The fourth-order valence-corrected chi connectivity index (χ4v) is 10.9. The van der Waals surface area contributed by atoms with Gasteiger partial charge in [0.05, 0.1) is 19.8 Å². The van der Waals surface area contributed by atoms with Crippen molar-refractivity contribution in [1.29, 1.82) is 0 Å². The van der Waals surface area contributed by atoms with Gasteiger partial charge in [0.1, 0.15) is 22.8 Å². The summed E-state index contributed by atoms with van der Waals surface area (Å²) in [6, 6.07) is 56.6. The first kappa shape index (κ1) is 46.6. The summed E-state index contributed by atoms with van der Waals surface area (Å²) in [5.41, 5.74) is 8.55. The largest absolute Gasteiger partial charge is 0.289 e. The molecule has 0 bridgehead atoms. The minimum Gasteiger partial charge on any atom is -0.289 e. The van der Waals surface area contributed by atoms with Crippen LogP contribution in [0.25, 0.3) is 43.4 Å². The normalized spacial score (nSPS) is 13.9. The highest BCUT2D eigenvalue weighted by molar-refractivity contribution is 7.23. The van der Waals surface area contributed by atoms with Crippen molar-refractivity contribution >= 4 is 126 Å². The number of allylic oxidation sites excluding steroid dienone is 10. The second-order valence-electron chi connectivity index (χ2n) is 15.9. The molecule has 6 nitrogen and oxygen atoms in total. The van der Waals surface area contributed by atoms with E-state index in [2.05, 4.69) is 10.2 Å². The van der Waals surface area contributed by atoms with Crippen LogP contribution in [0.15, 0.2) is 238 Å². The molecule has 0 N–H and O–H groups in total. The summed E-state index contributed by atoms with van der Waals surface area (Å²) in [5, 5.41) is 20.7. The molecule has 12 heteroatoms. The standard InChI is InChI=1S/C58H34Cl4N4O2S2/c59-41-21-23-49(47(61)33-41)63-65-55(39-29-43(35-13-5-1-6-14-35)57(67)44(30-39)36-15-7-2-8-16-36)53-27-25-51(69-53)52-26-28-54(70-52)56(66-64-50-24-22-42(60)34-48(50)62)40-31-45(37-17-9-3-10-18-37)58(68)46(32-40)38-19-11-4-12-20-38/h1-34H. The number of thiophene rings is 2. The highest BCUT2D eigenvalue weighted by Crippen LogP contribution is 2.44. The molecule has 2 aromatic heterocycles. The van der Waals surface area contributed by atoms with E-state index in [1.54, 1.807) is 36.4 Å². The van der Waals surface area contributed by atoms with Gasteiger partial charge in [-0.1, -0.05) is 168 Å². The lowest BCUT2D eigenvalue weighted by Gasteiger charge is -2.18. The molecule has 0 amide bonds. The summed E-state index contributed by atoms with van der Waals surface area (Å²) in [5.74, 6) is -0.203. The molecule has 2 aliphatic carbocycles. The summed E-state index contributed by atoms with van der Waals surface area (Å²) in [4.78, 5) is 32.1. The molecule has 10 rings (SSSR count). The monoisotopic (exact) mass is 1020 g/mol. The Balaban J connectivity index is 1.13. The van der Waals surface area contributed by atoms with E-state index in [9.17, 15) is 9.59 Å². The molecule has 0 fully saturated rings. The number of halogens is 4. The Morgan fingerprint density at radius 1 is 0.371 bits per heavy atom. The molecule has 0 spiro atoms. The van der Waals surface area contributed by atoms with Crippen molar-refractivity contribution in [1.82, 2.24) is 0 Å². The zero-order chi connectivity index (χ0) is 48.1. The van der Waals surface area contributed by atoms with Gasteiger partial charge in [-0.05, 0) is 107 Å². The highest BCUT2D eigenvalue weighted by Gasteiger charge is 2.27. The number of carbonyl (C=O) groups is 2. The van der Waals surface area contributed by atoms with Crippen LogP contribution in [0.3, 0.4) is 0 Å². The SMILES string of the molecule is O=C1C(c2ccccc2)=CC(=C(N=Nc2ccc(Cl)cc2Cl)c2ccc(-c3ccc(C(N=Nc4ccc(Cl)cc4Cl)=C4C=C(c5ccccc5)C(=O)C(c5ccccc5)=C4)s3)s2)C=C1c1ccccc1. The van der Waals surface area contributed by atoms with Crippen LogP contribution < -0.4 is 0 Å². The van der Waals surface area contributed by atoms with Gasteiger partial charge in [-0.25, -0.2) is 0 Å². The van der Waals surface area contributed by atoms with E-state index >= 15 is 0 Å². The summed E-state index contributed by atoms with van der Waals surface area (Å²) in [7, 11) is 0. The van der Waals surface area contributed by atoms with Crippen molar-refractivity contribution in [3.8, 4) is 9.75 Å². The fourth-order valence-electron chi connectivity index (χ4n) is 7.89. The van der Waals surface area contributed by atoms with E-state index in [4.69, 9.17) is 56.6 Å². The van der Waals surface area contributed by atoms with E-state index in [1.807, 2.05) is 170 Å². The van der Waals surface area contributed by atoms with Gasteiger partial charge in [-0.3, -0.25) is 9.59 Å². The third kappa shape index (κ3) is 10.1. The van der Waals surface area contributed by atoms with Gasteiger partial charge < -0.3 is 0 Å². The van der Waals surface area contributed by atoms with Crippen molar-refractivity contribution in [3.05, 3.63) is 270 Å². The summed E-state index contributed by atoms with van der Waals surface area (Å²) in [6.07, 6.45) is 7.52. The lowest BCUT2D eigenvalue weighted by atomic mass is 9.85. The summed E-state index contributed by atoms with van der Waals surface area (Å²) >= 11 is 28.8. The first-order chi connectivity index (χ1) is 34.2. The van der Waals surface area contributed by atoms with Gasteiger partial charge >= 0.3 is 0 Å². The molecular formula is C58H34Cl4N4O2S2. The van der Waals surface area contributed by atoms with Crippen LogP contribution in [0.5, 0.6) is 0 Å². The van der Waals surface area contributed by atoms with Crippen LogP contribution in [-0.2, 0) is 9.59 Å². The molecule has 0 saturated heterocycles. The number of carbonyl (C=O) groups excluding carboxylic acids is 2. The molecule has 338 valence electrons. The van der Waals surface area contributed by atoms with Crippen LogP contribution in [0, 0.1) is 0 Å². The highest BCUT2D eigenvalue weighted by atomic mass is 35.5. The Labute approximate surface area is 432 Å². The van der Waals surface area contributed by atoms with E-state index < -0.39 is 0 Å². The van der Waals surface area contributed by atoms with Crippen LogP contribution in [0.1, 0.15) is 32.0 Å². The van der Waals surface area contributed by atoms with Crippen molar-refractivity contribution < 1.29 is 9.59 Å². The Bertz CT molecular complexity index is 3250. The zero-order valence-corrected chi connectivity index (χ0v) is 41.2. The van der Waals surface area contributed by atoms with Gasteiger partial charge in [0.15, 0.2) is 11.6 Å².